The van der Waals surface area contributed by atoms with E-state index >= 15 is 0 Å². The third-order valence-electron chi connectivity index (χ3n) is 4.70. The van der Waals surface area contributed by atoms with Gasteiger partial charge in [-0.2, -0.15) is 4.99 Å². The zero-order valence-electron chi connectivity index (χ0n) is 17.5. The first-order valence-electron chi connectivity index (χ1n) is 9.70. The zero-order chi connectivity index (χ0) is 21.3. The van der Waals surface area contributed by atoms with Crippen LogP contribution in [0.4, 0.5) is 0 Å². The summed E-state index contributed by atoms with van der Waals surface area (Å²) in [5.74, 6) is 1.49. The fourth-order valence-electron chi connectivity index (χ4n) is 3.20. The maximum absolute atomic E-state index is 12.6. The van der Waals surface area contributed by atoms with Gasteiger partial charge in [-0.15, -0.1) is 0 Å². The number of carbonyl (C=O) groups excluding carboxylic acids is 1. The fraction of sp³-hybridized carbons (Fsp3) is 0.250. The standard InChI is InChI=1S/C24H26N2O4/c1-28-20-15-19(16-21(29-2)24(20)30-3)12-13-23(27)25-22-11-7-8-14-26(22)17-18-9-5-4-6-10-18/h4-11,14-16H,12-13,17H2,1-3H3. The molecule has 2 aromatic carbocycles. The van der Waals surface area contributed by atoms with Gasteiger partial charge in [-0.1, -0.05) is 36.4 Å². The Morgan fingerprint density at radius 3 is 2.17 bits per heavy atom. The van der Waals surface area contributed by atoms with Gasteiger partial charge < -0.3 is 18.8 Å². The molecule has 6 heteroatoms. The number of aromatic nitrogens is 1. The van der Waals surface area contributed by atoms with E-state index in [-0.39, 0.29) is 12.3 Å². The SMILES string of the molecule is COc1cc(CCC(=O)N=c2ccccn2Cc2ccccc2)cc(OC)c1OC. The Morgan fingerprint density at radius 2 is 1.53 bits per heavy atom. The topological polar surface area (TPSA) is 62.0 Å². The molecule has 6 nitrogen and oxygen atoms in total. The summed E-state index contributed by atoms with van der Waals surface area (Å²) in [5, 5.41) is 0. The Hall–Kier alpha value is -3.54. The summed E-state index contributed by atoms with van der Waals surface area (Å²) in [6.07, 6.45) is 2.72. The molecule has 1 aromatic heterocycles. The van der Waals surface area contributed by atoms with Crippen LogP contribution in [0.25, 0.3) is 0 Å². The molecule has 30 heavy (non-hydrogen) atoms. The van der Waals surface area contributed by atoms with Crippen LogP contribution in [0.1, 0.15) is 17.5 Å². The molecular weight excluding hydrogens is 380 g/mol. The highest BCUT2D eigenvalue weighted by Crippen LogP contribution is 2.38. The highest BCUT2D eigenvalue weighted by molar-refractivity contribution is 5.77. The number of rotatable bonds is 8. The third kappa shape index (κ3) is 5.29. The van der Waals surface area contributed by atoms with Crippen LogP contribution < -0.4 is 19.7 Å². The normalized spacial score (nSPS) is 11.2. The monoisotopic (exact) mass is 406 g/mol. The predicted molar refractivity (Wildman–Crippen MR) is 115 cm³/mol. The first-order chi connectivity index (χ1) is 14.6. The minimum Gasteiger partial charge on any atom is -0.493 e. The first-order valence-corrected chi connectivity index (χ1v) is 9.70. The zero-order valence-corrected chi connectivity index (χ0v) is 17.5. The average Bonchev–Trinajstić information content (AvgIpc) is 2.78. The van der Waals surface area contributed by atoms with Gasteiger partial charge in [0.05, 0.1) is 21.3 Å². The summed E-state index contributed by atoms with van der Waals surface area (Å²) >= 11 is 0. The predicted octanol–water partition coefficient (Wildman–Crippen LogP) is 3.62. The van der Waals surface area contributed by atoms with Gasteiger partial charge in [0, 0.05) is 19.2 Å². The lowest BCUT2D eigenvalue weighted by atomic mass is 10.1. The maximum atomic E-state index is 12.6. The summed E-state index contributed by atoms with van der Waals surface area (Å²) in [6.45, 7) is 0.653. The van der Waals surface area contributed by atoms with Crippen LogP contribution >= 0.6 is 0 Å². The smallest absolute Gasteiger partial charge is 0.247 e. The lowest BCUT2D eigenvalue weighted by molar-refractivity contribution is -0.118. The van der Waals surface area contributed by atoms with E-state index in [2.05, 4.69) is 17.1 Å². The van der Waals surface area contributed by atoms with Gasteiger partial charge in [-0.3, -0.25) is 4.79 Å². The Morgan fingerprint density at radius 1 is 0.867 bits per heavy atom. The van der Waals surface area contributed by atoms with Crippen LogP contribution in [0, 0.1) is 0 Å². The van der Waals surface area contributed by atoms with Crippen molar-refractivity contribution in [3.63, 3.8) is 0 Å². The molecule has 3 rings (SSSR count). The largest absolute Gasteiger partial charge is 0.493 e. The van der Waals surface area contributed by atoms with Crippen molar-refractivity contribution < 1.29 is 19.0 Å². The maximum Gasteiger partial charge on any atom is 0.247 e. The highest BCUT2D eigenvalue weighted by Gasteiger charge is 2.13. The van der Waals surface area contributed by atoms with Crippen LogP contribution in [0.2, 0.25) is 0 Å². The number of benzene rings is 2. The number of aryl methyl sites for hydroxylation is 1. The number of hydrogen-bond acceptors (Lipinski definition) is 4. The molecule has 1 heterocycles. The van der Waals surface area contributed by atoms with Crippen LogP contribution in [-0.4, -0.2) is 31.8 Å². The van der Waals surface area contributed by atoms with Gasteiger partial charge >= 0.3 is 0 Å². The minimum atomic E-state index is -0.184. The summed E-state index contributed by atoms with van der Waals surface area (Å²) < 4.78 is 18.1. The fourth-order valence-corrected chi connectivity index (χ4v) is 3.20. The van der Waals surface area contributed by atoms with E-state index in [1.807, 2.05) is 59.3 Å². The molecule has 0 atom stereocenters. The van der Waals surface area contributed by atoms with E-state index in [1.165, 1.54) is 0 Å². The molecule has 0 aliphatic rings. The molecule has 0 spiro atoms. The van der Waals surface area contributed by atoms with E-state index in [0.29, 0.717) is 35.7 Å². The van der Waals surface area contributed by atoms with E-state index in [9.17, 15) is 4.79 Å². The number of ether oxygens (including phenoxy) is 3. The molecule has 0 N–H and O–H groups in total. The van der Waals surface area contributed by atoms with Crippen LogP contribution in [0.3, 0.4) is 0 Å². The van der Waals surface area contributed by atoms with Gasteiger partial charge in [0.1, 0.15) is 5.49 Å². The van der Waals surface area contributed by atoms with Crippen LogP contribution in [0.5, 0.6) is 17.2 Å². The lowest BCUT2D eigenvalue weighted by Crippen LogP contribution is -2.22. The molecular formula is C24H26N2O4. The summed E-state index contributed by atoms with van der Waals surface area (Å²) in [6, 6.07) is 19.5. The highest BCUT2D eigenvalue weighted by atomic mass is 16.5. The van der Waals surface area contributed by atoms with Crippen molar-refractivity contribution in [3.8, 4) is 17.2 Å². The van der Waals surface area contributed by atoms with Gasteiger partial charge in [0.25, 0.3) is 0 Å². The van der Waals surface area contributed by atoms with Gasteiger partial charge in [-0.25, -0.2) is 0 Å². The number of methoxy groups -OCH3 is 3. The Balaban J connectivity index is 1.76. The van der Waals surface area contributed by atoms with E-state index < -0.39 is 0 Å². The molecule has 1 amide bonds. The Bertz CT molecular complexity index is 1030. The second kappa shape index (κ2) is 10.3. The van der Waals surface area contributed by atoms with Crippen molar-refractivity contribution in [2.45, 2.75) is 19.4 Å². The third-order valence-corrected chi connectivity index (χ3v) is 4.70. The van der Waals surface area contributed by atoms with Crippen molar-refractivity contribution in [1.82, 2.24) is 4.57 Å². The second-order valence-corrected chi connectivity index (χ2v) is 6.71. The van der Waals surface area contributed by atoms with Crippen molar-refractivity contribution in [1.29, 1.82) is 0 Å². The quantitative estimate of drug-likeness (QED) is 0.573. The molecule has 3 aromatic rings. The van der Waals surface area contributed by atoms with E-state index in [0.717, 1.165) is 11.1 Å². The van der Waals surface area contributed by atoms with Crippen LogP contribution in [0.15, 0.2) is 71.9 Å². The van der Waals surface area contributed by atoms with Gasteiger partial charge in [-0.05, 0) is 41.8 Å². The van der Waals surface area contributed by atoms with Crippen molar-refractivity contribution in [2.75, 3.05) is 21.3 Å². The van der Waals surface area contributed by atoms with Crippen molar-refractivity contribution in [3.05, 3.63) is 83.5 Å². The van der Waals surface area contributed by atoms with Gasteiger partial charge in [0.15, 0.2) is 11.5 Å². The summed E-state index contributed by atoms with van der Waals surface area (Å²) in [7, 11) is 4.71. The number of nitrogens with zero attached hydrogens (tertiary/aromatic N) is 2. The summed E-state index contributed by atoms with van der Waals surface area (Å²) in [5.41, 5.74) is 2.70. The molecule has 0 bridgehead atoms. The molecule has 0 unspecified atom stereocenters. The Kier molecular flexibility index (Phi) is 7.27. The molecule has 0 aliphatic carbocycles. The van der Waals surface area contributed by atoms with Crippen molar-refractivity contribution >= 4 is 5.91 Å². The lowest BCUT2D eigenvalue weighted by Gasteiger charge is -2.13. The molecule has 156 valence electrons. The minimum absolute atomic E-state index is 0.184. The number of amides is 1. The molecule has 0 aliphatic heterocycles. The van der Waals surface area contributed by atoms with Crippen molar-refractivity contribution in [2.24, 2.45) is 4.99 Å². The molecule has 0 fully saturated rings. The Labute approximate surface area is 176 Å². The molecule has 0 saturated carbocycles. The van der Waals surface area contributed by atoms with Gasteiger partial charge in [0.2, 0.25) is 11.7 Å². The second-order valence-electron chi connectivity index (χ2n) is 6.71. The average molecular weight is 406 g/mol. The number of pyridine rings is 1. The first kappa shape index (κ1) is 21.2. The number of carbonyl (C=O) groups is 1. The van der Waals surface area contributed by atoms with Crippen LogP contribution in [-0.2, 0) is 17.8 Å². The van der Waals surface area contributed by atoms with E-state index in [1.54, 1.807) is 21.3 Å². The molecule has 0 radical (unpaired) electrons. The molecule has 0 saturated heterocycles. The van der Waals surface area contributed by atoms with E-state index in [4.69, 9.17) is 14.2 Å². The number of hydrogen-bond donors (Lipinski definition) is 0. The summed E-state index contributed by atoms with van der Waals surface area (Å²) in [4.78, 5) is 16.9.